The Labute approximate surface area is 251 Å². The van der Waals surface area contributed by atoms with Gasteiger partial charge in [0.15, 0.2) is 5.82 Å². The van der Waals surface area contributed by atoms with Crippen LogP contribution in [0.25, 0.3) is 31.6 Å². The number of rotatable bonds is 8. The fourth-order valence-electron chi connectivity index (χ4n) is 4.65. The summed E-state index contributed by atoms with van der Waals surface area (Å²) in [6.07, 6.45) is 4.35. The van der Waals surface area contributed by atoms with E-state index in [0.717, 1.165) is 21.2 Å². The Morgan fingerprint density at radius 2 is 1.67 bits per heavy atom. The summed E-state index contributed by atoms with van der Waals surface area (Å²) in [6.45, 7) is 5.81. The van der Waals surface area contributed by atoms with Crippen LogP contribution in [0.1, 0.15) is 28.5 Å². The number of fused-ring (bicyclic) bond motifs is 3. The lowest BCUT2D eigenvalue weighted by molar-refractivity contribution is 0.0526. The Morgan fingerprint density at radius 1 is 0.953 bits per heavy atom. The normalized spacial score (nSPS) is 11.5. The minimum Gasteiger partial charge on any atom is -0.462 e. The first-order valence-corrected chi connectivity index (χ1v) is 15.5. The number of esters is 1. The molecular formula is C30H25N7O4S2. The van der Waals surface area contributed by atoms with E-state index >= 15 is 0 Å². The molecule has 6 rings (SSSR count). The van der Waals surface area contributed by atoms with E-state index in [2.05, 4.69) is 30.0 Å². The molecule has 216 valence electrons. The number of ether oxygens (including phenoxy) is 1. The van der Waals surface area contributed by atoms with E-state index in [4.69, 9.17) is 9.72 Å². The Bertz CT molecular complexity index is 2080. The lowest BCUT2D eigenvalue weighted by Gasteiger charge is -2.13. The van der Waals surface area contributed by atoms with E-state index < -0.39 is 16.0 Å². The van der Waals surface area contributed by atoms with Crippen LogP contribution in [0.5, 0.6) is 0 Å². The number of carbonyl (C=O) groups excluding carboxylic acids is 1. The number of sulfonamides is 1. The Hall–Kier alpha value is -5.01. The van der Waals surface area contributed by atoms with Gasteiger partial charge in [-0.1, -0.05) is 29.8 Å². The molecule has 0 unspecified atom stereocenters. The van der Waals surface area contributed by atoms with E-state index in [9.17, 15) is 13.2 Å². The zero-order valence-corrected chi connectivity index (χ0v) is 25.0. The Balaban J connectivity index is 1.42. The van der Waals surface area contributed by atoms with Crippen molar-refractivity contribution < 1.29 is 17.9 Å². The molecule has 0 atom stereocenters. The Morgan fingerprint density at radius 3 is 2.37 bits per heavy atom. The highest BCUT2D eigenvalue weighted by Gasteiger charge is 2.26. The third kappa shape index (κ3) is 5.47. The van der Waals surface area contributed by atoms with Crippen molar-refractivity contribution in [3.8, 4) is 11.1 Å². The van der Waals surface area contributed by atoms with Crippen LogP contribution < -0.4 is 10.0 Å². The van der Waals surface area contributed by atoms with Crippen LogP contribution in [0.2, 0.25) is 0 Å². The van der Waals surface area contributed by atoms with Crippen molar-refractivity contribution in [3.63, 3.8) is 0 Å². The highest BCUT2D eigenvalue weighted by molar-refractivity contribution is 7.92. The van der Waals surface area contributed by atoms with Crippen molar-refractivity contribution in [3.05, 3.63) is 90.1 Å². The van der Waals surface area contributed by atoms with Gasteiger partial charge in [-0.15, -0.1) is 11.3 Å². The topological polar surface area (TPSA) is 149 Å². The fourth-order valence-corrected chi connectivity index (χ4v) is 6.74. The summed E-state index contributed by atoms with van der Waals surface area (Å²) in [5.41, 5.74) is 4.86. The molecule has 0 saturated carbocycles. The molecule has 2 N–H and O–H groups in total. The second-order valence-electron chi connectivity index (χ2n) is 9.54. The van der Waals surface area contributed by atoms with Gasteiger partial charge in [-0.2, -0.15) is 0 Å². The molecule has 0 amide bonds. The zero-order chi connectivity index (χ0) is 30.1. The average molecular weight is 612 g/mol. The van der Waals surface area contributed by atoms with Crippen molar-refractivity contribution in [1.82, 2.24) is 24.9 Å². The predicted octanol–water partition coefficient (Wildman–Crippen LogP) is 6.03. The van der Waals surface area contributed by atoms with E-state index in [-0.39, 0.29) is 17.5 Å². The predicted molar refractivity (Wildman–Crippen MR) is 166 cm³/mol. The number of hydrogen-bond donors (Lipinski definition) is 2. The maximum absolute atomic E-state index is 13.2. The molecule has 0 aliphatic heterocycles. The molecule has 0 aliphatic carbocycles. The van der Waals surface area contributed by atoms with Crippen LogP contribution in [0.4, 0.5) is 17.5 Å². The van der Waals surface area contributed by atoms with Gasteiger partial charge in [0, 0.05) is 29.0 Å². The summed E-state index contributed by atoms with van der Waals surface area (Å²) >= 11 is 1.41. The van der Waals surface area contributed by atoms with Gasteiger partial charge in [0.05, 0.1) is 33.0 Å². The van der Waals surface area contributed by atoms with Gasteiger partial charge in [-0.3, -0.25) is 0 Å². The second-order valence-corrected chi connectivity index (χ2v) is 12.2. The van der Waals surface area contributed by atoms with Crippen molar-refractivity contribution in [1.29, 1.82) is 0 Å². The monoisotopic (exact) mass is 611 g/mol. The maximum atomic E-state index is 13.2. The Kier molecular flexibility index (Phi) is 7.42. The third-order valence-electron chi connectivity index (χ3n) is 6.62. The van der Waals surface area contributed by atoms with Gasteiger partial charge < -0.3 is 10.1 Å². The van der Waals surface area contributed by atoms with Gasteiger partial charge in [-0.25, -0.2) is 42.9 Å². The lowest BCUT2D eigenvalue weighted by Crippen LogP contribution is -2.14. The van der Waals surface area contributed by atoms with E-state index in [1.807, 2.05) is 31.2 Å². The molecule has 2 aromatic carbocycles. The van der Waals surface area contributed by atoms with Crippen molar-refractivity contribution >= 4 is 65.2 Å². The minimum atomic E-state index is -3.88. The number of benzene rings is 2. The fraction of sp³-hybridized carbons (Fsp3) is 0.133. The summed E-state index contributed by atoms with van der Waals surface area (Å²) in [7, 11) is -3.88. The van der Waals surface area contributed by atoms with Crippen LogP contribution >= 0.6 is 11.3 Å². The first-order valence-electron chi connectivity index (χ1n) is 13.2. The number of pyridine rings is 1. The van der Waals surface area contributed by atoms with Crippen molar-refractivity contribution in [2.75, 3.05) is 16.6 Å². The van der Waals surface area contributed by atoms with Crippen LogP contribution in [0, 0.1) is 13.8 Å². The molecule has 43 heavy (non-hydrogen) atoms. The van der Waals surface area contributed by atoms with Gasteiger partial charge >= 0.3 is 5.97 Å². The van der Waals surface area contributed by atoms with Crippen LogP contribution in [0.3, 0.4) is 0 Å². The second kappa shape index (κ2) is 11.3. The van der Waals surface area contributed by atoms with Crippen LogP contribution in [-0.2, 0) is 14.8 Å². The first kappa shape index (κ1) is 28.1. The zero-order valence-electron chi connectivity index (χ0n) is 23.3. The van der Waals surface area contributed by atoms with Gasteiger partial charge in [0.2, 0.25) is 5.95 Å². The first-order chi connectivity index (χ1) is 20.7. The number of hydrogen-bond acceptors (Lipinski definition) is 11. The number of anilines is 3. The number of aromatic nitrogens is 5. The SMILES string of the molecule is CCOC(=O)c1c(C)nc2sc3c(Nc4ccc(S(=O)(=O)Nc5ncccn5)cc4)ncnc3c2c1-c1ccc(C)cc1. The molecule has 6 aromatic rings. The smallest absolute Gasteiger partial charge is 0.340 e. The minimum absolute atomic E-state index is 0.0159. The number of thiophene rings is 1. The number of carbonyl (C=O) groups is 1. The van der Waals surface area contributed by atoms with Gasteiger partial charge in [-0.05, 0) is 56.7 Å². The standard InChI is InChI=1S/C30H25N7O4S2/c1-4-41-29(38)22-18(3)35-28-24(23(22)19-8-6-17(2)7-9-19)25-26(42-28)27(34-16-33-25)36-20-10-12-21(13-11-20)43(39,40)37-30-31-14-5-15-32-30/h5-16H,4H2,1-3H3,(H,31,32,37)(H,33,34,36). The van der Waals surface area contributed by atoms with Crippen LogP contribution in [-0.4, -0.2) is 45.9 Å². The molecule has 11 nitrogen and oxygen atoms in total. The highest BCUT2D eigenvalue weighted by atomic mass is 32.2. The number of nitrogens with one attached hydrogen (secondary N) is 2. The van der Waals surface area contributed by atoms with Crippen molar-refractivity contribution in [2.45, 2.75) is 25.7 Å². The van der Waals surface area contributed by atoms with E-state index in [1.54, 1.807) is 32.0 Å². The lowest BCUT2D eigenvalue weighted by atomic mass is 9.95. The summed E-state index contributed by atoms with van der Waals surface area (Å²) in [5, 5.41) is 4.01. The van der Waals surface area contributed by atoms with Gasteiger partial charge in [0.1, 0.15) is 11.2 Å². The quantitative estimate of drug-likeness (QED) is 0.195. The molecule has 0 radical (unpaired) electrons. The van der Waals surface area contributed by atoms with Crippen LogP contribution in [0.15, 0.2) is 78.2 Å². The number of nitrogens with zero attached hydrogens (tertiary/aromatic N) is 5. The maximum Gasteiger partial charge on any atom is 0.340 e. The summed E-state index contributed by atoms with van der Waals surface area (Å²) in [6, 6.07) is 15.8. The number of aryl methyl sites for hydroxylation is 2. The van der Waals surface area contributed by atoms with E-state index in [1.165, 1.54) is 42.2 Å². The molecular weight excluding hydrogens is 587 g/mol. The molecule has 0 fully saturated rings. The molecule has 0 spiro atoms. The molecule has 0 saturated heterocycles. The summed E-state index contributed by atoms with van der Waals surface area (Å²) < 4.78 is 34.1. The van der Waals surface area contributed by atoms with E-state index in [0.29, 0.717) is 38.7 Å². The third-order valence-corrected chi connectivity index (χ3v) is 9.05. The molecule has 13 heteroatoms. The molecule has 4 heterocycles. The molecule has 4 aromatic heterocycles. The average Bonchev–Trinajstić information content (AvgIpc) is 3.36. The highest BCUT2D eigenvalue weighted by Crippen LogP contribution is 2.43. The largest absolute Gasteiger partial charge is 0.462 e. The molecule has 0 aliphatic rings. The summed E-state index contributed by atoms with van der Waals surface area (Å²) in [4.78, 5) is 35.6. The summed E-state index contributed by atoms with van der Waals surface area (Å²) in [5.74, 6) is 0.0579. The molecule has 0 bridgehead atoms. The van der Waals surface area contributed by atoms with Crippen molar-refractivity contribution in [2.24, 2.45) is 0 Å². The van der Waals surface area contributed by atoms with Gasteiger partial charge in [0.25, 0.3) is 10.0 Å².